The van der Waals surface area contributed by atoms with Crippen molar-refractivity contribution in [3.05, 3.63) is 42.2 Å². The average molecular weight is 283 g/mol. The first kappa shape index (κ1) is 13.5. The molecule has 1 aromatic carbocycles. The molecular weight excluding hydrogens is 266 g/mol. The molecule has 0 atom stereocenters. The third kappa shape index (κ3) is 2.72. The van der Waals surface area contributed by atoms with Crippen molar-refractivity contribution in [2.24, 2.45) is 11.7 Å². The van der Waals surface area contributed by atoms with E-state index in [4.69, 9.17) is 5.73 Å². The minimum absolute atomic E-state index is 0.0799. The summed E-state index contributed by atoms with van der Waals surface area (Å²) in [5, 5.41) is 2.02. The number of carbonyl (C=O) groups excluding carboxylic acids is 2. The molecule has 0 spiro atoms. The molecule has 5 heteroatoms. The number of likely N-dealkylation sites (tertiary alicyclic amines) is 1. The Morgan fingerprint density at radius 1 is 1.14 bits per heavy atom. The van der Waals surface area contributed by atoms with Crippen molar-refractivity contribution in [2.45, 2.75) is 12.8 Å². The van der Waals surface area contributed by atoms with Crippen LogP contribution in [0.2, 0.25) is 0 Å². The number of piperidine rings is 1. The van der Waals surface area contributed by atoms with Gasteiger partial charge in [0.15, 0.2) is 0 Å². The van der Waals surface area contributed by atoms with Gasteiger partial charge in [0.25, 0.3) is 5.91 Å². The number of hydrogen-bond acceptors (Lipinski definition) is 3. The number of fused-ring (bicyclic) bond motifs is 1. The highest BCUT2D eigenvalue weighted by Gasteiger charge is 2.26. The van der Waals surface area contributed by atoms with Gasteiger partial charge in [-0.3, -0.25) is 14.6 Å². The lowest BCUT2D eigenvalue weighted by Gasteiger charge is -2.30. The van der Waals surface area contributed by atoms with E-state index < -0.39 is 0 Å². The summed E-state index contributed by atoms with van der Waals surface area (Å²) >= 11 is 0. The van der Waals surface area contributed by atoms with Gasteiger partial charge in [-0.05, 0) is 24.3 Å². The molecule has 3 rings (SSSR count). The number of nitrogens with zero attached hydrogens (tertiary/aromatic N) is 2. The zero-order valence-electron chi connectivity index (χ0n) is 11.7. The van der Waals surface area contributed by atoms with E-state index in [9.17, 15) is 9.59 Å². The fraction of sp³-hybridized carbons (Fsp3) is 0.312. The Balaban J connectivity index is 1.76. The van der Waals surface area contributed by atoms with Gasteiger partial charge in [0.1, 0.15) is 5.69 Å². The van der Waals surface area contributed by atoms with Gasteiger partial charge < -0.3 is 10.6 Å². The molecule has 2 heterocycles. The van der Waals surface area contributed by atoms with Gasteiger partial charge in [0.05, 0.1) is 0 Å². The second-order valence-corrected chi connectivity index (χ2v) is 5.39. The van der Waals surface area contributed by atoms with Crippen molar-refractivity contribution in [2.75, 3.05) is 13.1 Å². The van der Waals surface area contributed by atoms with Crippen molar-refractivity contribution in [1.29, 1.82) is 0 Å². The maximum atomic E-state index is 12.5. The van der Waals surface area contributed by atoms with Gasteiger partial charge in [-0.15, -0.1) is 0 Å². The molecule has 0 unspecified atom stereocenters. The van der Waals surface area contributed by atoms with Gasteiger partial charge in [0.2, 0.25) is 5.91 Å². The molecule has 1 aliphatic rings. The summed E-state index contributed by atoms with van der Waals surface area (Å²) in [4.78, 5) is 29.6. The predicted octanol–water partition coefficient (Wildman–Crippen LogP) is 1.57. The Hall–Kier alpha value is -2.43. The summed E-state index contributed by atoms with van der Waals surface area (Å²) in [5.74, 6) is -0.465. The zero-order chi connectivity index (χ0) is 14.8. The largest absolute Gasteiger partial charge is 0.369 e. The van der Waals surface area contributed by atoms with Crippen LogP contribution in [0.4, 0.5) is 0 Å². The summed E-state index contributed by atoms with van der Waals surface area (Å²) in [6.07, 6.45) is 2.99. The zero-order valence-corrected chi connectivity index (χ0v) is 11.7. The highest BCUT2D eigenvalue weighted by atomic mass is 16.2. The van der Waals surface area contributed by atoms with E-state index in [1.54, 1.807) is 11.1 Å². The van der Waals surface area contributed by atoms with Crippen LogP contribution in [-0.4, -0.2) is 34.8 Å². The highest BCUT2D eigenvalue weighted by molar-refractivity contribution is 5.96. The molecule has 21 heavy (non-hydrogen) atoms. The van der Waals surface area contributed by atoms with Crippen molar-refractivity contribution in [1.82, 2.24) is 9.88 Å². The quantitative estimate of drug-likeness (QED) is 0.909. The van der Waals surface area contributed by atoms with E-state index in [-0.39, 0.29) is 17.7 Å². The lowest BCUT2D eigenvalue weighted by atomic mass is 9.96. The number of rotatable bonds is 2. The van der Waals surface area contributed by atoms with Crippen molar-refractivity contribution < 1.29 is 9.59 Å². The minimum Gasteiger partial charge on any atom is -0.369 e. The van der Waals surface area contributed by atoms with Crippen LogP contribution in [0.25, 0.3) is 10.8 Å². The molecular formula is C16H17N3O2. The van der Waals surface area contributed by atoms with Crippen LogP contribution >= 0.6 is 0 Å². The number of hydrogen-bond donors (Lipinski definition) is 1. The number of primary amides is 1. The molecule has 1 aliphatic heterocycles. The molecule has 2 aromatic rings. The van der Waals surface area contributed by atoms with Crippen LogP contribution in [0, 0.1) is 5.92 Å². The van der Waals surface area contributed by atoms with Crippen LogP contribution < -0.4 is 5.73 Å². The van der Waals surface area contributed by atoms with Crippen LogP contribution in [0.15, 0.2) is 36.5 Å². The number of pyridine rings is 1. The number of benzene rings is 1. The second-order valence-electron chi connectivity index (χ2n) is 5.39. The molecule has 108 valence electrons. The van der Waals surface area contributed by atoms with E-state index in [0.717, 1.165) is 10.8 Å². The SMILES string of the molecule is NC(=O)C1CCN(C(=O)c2cc3ccccc3cn2)CC1. The van der Waals surface area contributed by atoms with Gasteiger partial charge >= 0.3 is 0 Å². The third-order valence-electron chi connectivity index (χ3n) is 4.03. The number of nitrogens with two attached hydrogens (primary N) is 1. The Morgan fingerprint density at radius 2 is 1.81 bits per heavy atom. The van der Waals surface area contributed by atoms with Gasteiger partial charge in [-0.2, -0.15) is 0 Å². The fourth-order valence-electron chi connectivity index (χ4n) is 2.73. The van der Waals surface area contributed by atoms with Crippen LogP contribution in [0.3, 0.4) is 0 Å². The van der Waals surface area contributed by atoms with Crippen molar-refractivity contribution >= 4 is 22.6 Å². The van der Waals surface area contributed by atoms with Crippen molar-refractivity contribution in [3.8, 4) is 0 Å². The number of aromatic nitrogens is 1. The smallest absolute Gasteiger partial charge is 0.272 e. The molecule has 0 aliphatic carbocycles. The molecule has 1 aromatic heterocycles. The fourth-order valence-corrected chi connectivity index (χ4v) is 2.73. The second kappa shape index (κ2) is 5.52. The molecule has 1 saturated heterocycles. The Labute approximate surface area is 122 Å². The molecule has 0 bridgehead atoms. The van der Waals surface area contributed by atoms with Crippen molar-refractivity contribution in [3.63, 3.8) is 0 Å². The van der Waals surface area contributed by atoms with E-state index >= 15 is 0 Å². The number of carbonyl (C=O) groups is 2. The summed E-state index contributed by atoms with van der Waals surface area (Å²) in [7, 11) is 0. The monoisotopic (exact) mass is 283 g/mol. The molecule has 0 saturated carbocycles. The van der Waals surface area contributed by atoms with E-state index in [2.05, 4.69) is 4.98 Å². The summed E-state index contributed by atoms with van der Waals surface area (Å²) < 4.78 is 0. The van der Waals surface area contributed by atoms with Gasteiger partial charge in [0, 0.05) is 30.6 Å². The third-order valence-corrected chi connectivity index (χ3v) is 4.03. The normalized spacial score (nSPS) is 16.1. The first-order valence-corrected chi connectivity index (χ1v) is 7.08. The Kier molecular flexibility index (Phi) is 3.56. The van der Waals surface area contributed by atoms with E-state index in [1.165, 1.54) is 0 Å². The maximum Gasteiger partial charge on any atom is 0.272 e. The van der Waals surface area contributed by atoms with Gasteiger partial charge in [-0.25, -0.2) is 0 Å². The average Bonchev–Trinajstić information content (AvgIpc) is 2.54. The lowest BCUT2D eigenvalue weighted by Crippen LogP contribution is -2.42. The summed E-state index contributed by atoms with van der Waals surface area (Å²) in [6.45, 7) is 1.11. The van der Waals surface area contributed by atoms with Gasteiger partial charge in [-0.1, -0.05) is 24.3 Å². The first-order chi connectivity index (χ1) is 10.1. The molecule has 2 amide bonds. The Bertz CT molecular complexity index is 691. The predicted molar refractivity (Wildman–Crippen MR) is 79.6 cm³/mol. The standard InChI is InChI=1S/C16H17N3O2/c17-15(20)11-5-7-19(8-6-11)16(21)14-9-12-3-1-2-4-13(12)10-18-14/h1-4,9-11H,5-8H2,(H2,17,20). The Morgan fingerprint density at radius 3 is 2.48 bits per heavy atom. The van der Waals surface area contributed by atoms with Crippen LogP contribution in [0.1, 0.15) is 23.3 Å². The van der Waals surface area contributed by atoms with Crippen LogP contribution in [-0.2, 0) is 4.79 Å². The molecule has 2 N–H and O–H groups in total. The minimum atomic E-state index is -0.272. The van der Waals surface area contributed by atoms with E-state index in [0.29, 0.717) is 31.6 Å². The maximum absolute atomic E-state index is 12.5. The molecule has 0 radical (unpaired) electrons. The van der Waals surface area contributed by atoms with E-state index in [1.807, 2.05) is 30.3 Å². The highest BCUT2D eigenvalue weighted by Crippen LogP contribution is 2.19. The topological polar surface area (TPSA) is 76.3 Å². The molecule has 1 fully saturated rings. The first-order valence-electron chi connectivity index (χ1n) is 7.08. The summed E-state index contributed by atoms with van der Waals surface area (Å²) in [6, 6.07) is 9.63. The molecule has 5 nitrogen and oxygen atoms in total. The van der Waals surface area contributed by atoms with Crippen LogP contribution in [0.5, 0.6) is 0 Å². The summed E-state index contributed by atoms with van der Waals surface area (Å²) in [5.41, 5.74) is 5.76. The number of amides is 2. The lowest BCUT2D eigenvalue weighted by molar-refractivity contribution is -0.123.